The lowest BCUT2D eigenvalue weighted by Crippen LogP contribution is -2.29. The molecular formula is C25H17BrN2O4. The number of aliphatic hydroxyl groups excluding tert-OH is 1. The summed E-state index contributed by atoms with van der Waals surface area (Å²) >= 11 is 3.35. The third-order valence-electron chi connectivity index (χ3n) is 5.25. The van der Waals surface area contributed by atoms with Crippen molar-refractivity contribution in [1.29, 1.82) is 5.26 Å². The Morgan fingerprint density at radius 1 is 1.06 bits per heavy atom. The van der Waals surface area contributed by atoms with Crippen molar-refractivity contribution in [3.63, 3.8) is 0 Å². The SMILES string of the molecule is COc1cccc(C2/C(=C(/O)c3ccc(Br)cc3)C(=O)C(=O)N2c2ccc(C#N)cc2)c1. The lowest BCUT2D eigenvalue weighted by atomic mass is 9.95. The summed E-state index contributed by atoms with van der Waals surface area (Å²) in [6.45, 7) is 0. The van der Waals surface area contributed by atoms with Crippen molar-refractivity contribution in [2.24, 2.45) is 0 Å². The molecule has 0 radical (unpaired) electrons. The summed E-state index contributed by atoms with van der Waals surface area (Å²) in [5, 5.41) is 20.2. The van der Waals surface area contributed by atoms with Crippen LogP contribution in [-0.4, -0.2) is 23.9 Å². The lowest BCUT2D eigenvalue weighted by molar-refractivity contribution is -0.132. The fourth-order valence-electron chi connectivity index (χ4n) is 3.69. The fourth-order valence-corrected chi connectivity index (χ4v) is 3.95. The number of amides is 1. The van der Waals surface area contributed by atoms with E-state index in [0.717, 1.165) is 4.47 Å². The molecule has 1 atom stereocenters. The zero-order chi connectivity index (χ0) is 22.8. The first kappa shape index (κ1) is 21.3. The molecule has 0 saturated carbocycles. The van der Waals surface area contributed by atoms with Crippen LogP contribution in [0.5, 0.6) is 5.75 Å². The number of carbonyl (C=O) groups is 2. The van der Waals surface area contributed by atoms with Gasteiger partial charge >= 0.3 is 0 Å². The Labute approximate surface area is 193 Å². The smallest absolute Gasteiger partial charge is 0.300 e. The number of aliphatic hydroxyl groups is 1. The molecule has 4 rings (SSSR count). The molecule has 3 aromatic rings. The highest BCUT2D eigenvalue weighted by Gasteiger charge is 2.47. The number of methoxy groups -OCH3 is 1. The lowest BCUT2D eigenvalue weighted by Gasteiger charge is -2.25. The Morgan fingerprint density at radius 2 is 1.75 bits per heavy atom. The van der Waals surface area contributed by atoms with Crippen LogP contribution in [0.1, 0.15) is 22.7 Å². The highest BCUT2D eigenvalue weighted by Crippen LogP contribution is 2.42. The second kappa shape index (κ2) is 8.69. The van der Waals surface area contributed by atoms with Gasteiger partial charge in [0, 0.05) is 15.7 Å². The second-order valence-electron chi connectivity index (χ2n) is 7.11. The molecule has 1 fully saturated rings. The van der Waals surface area contributed by atoms with Crippen LogP contribution >= 0.6 is 15.9 Å². The normalized spacial score (nSPS) is 17.3. The van der Waals surface area contributed by atoms with Gasteiger partial charge in [0.05, 0.1) is 30.4 Å². The first-order valence-electron chi connectivity index (χ1n) is 9.65. The molecule has 0 bridgehead atoms. The van der Waals surface area contributed by atoms with E-state index in [-0.39, 0.29) is 11.3 Å². The first-order chi connectivity index (χ1) is 15.4. The number of anilines is 1. The number of benzene rings is 3. The molecule has 3 aromatic carbocycles. The van der Waals surface area contributed by atoms with Gasteiger partial charge in [-0.3, -0.25) is 14.5 Å². The van der Waals surface area contributed by atoms with Crippen LogP contribution in [0.25, 0.3) is 5.76 Å². The highest BCUT2D eigenvalue weighted by atomic mass is 79.9. The van der Waals surface area contributed by atoms with Crippen LogP contribution in [-0.2, 0) is 9.59 Å². The van der Waals surface area contributed by atoms with Gasteiger partial charge in [-0.1, -0.05) is 40.2 Å². The minimum Gasteiger partial charge on any atom is -0.507 e. The van der Waals surface area contributed by atoms with E-state index in [1.54, 1.807) is 72.8 Å². The van der Waals surface area contributed by atoms with Crippen LogP contribution in [0.2, 0.25) is 0 Å². The van der Waals surface area contributed by atoms with Crippen LogP contribution in [0.3, 0.4) is 0 Å². The van der Waals surface area contributed by atoms with Crippen LogP contribution < -0.4 is 9.64 Å². The average Bonchev–Trinajstić information content (AvgIpc) is 3.09. The van der Waals surface area contributed by atoms with Gasteiger partial charge in [-0.15, -0.1) is 0 Å². The zero-order valence-corrected chi connectivity index (χ0v) is 18.5. The van der Waals surface area contributed by atoms with Gasteiger partial charge < -0.3 is 9.84 Å². The number of ether oxygens (including phenoxy) is 1. The molecule has 1 aliphatic heterocycles. The summed E-state index contributed by atoms with van der Waals surface area (Å²) in [5.74, 6) is -1.26. The number of rotatable bonds is 4. The maximum Gasteiger partial charge on any atom is 0.300 e. The van der Waals surface area contributed by atoms with Crippen molar-refractivity contribution < 1.29 is 19.4 Å². The monoisotopic (exact) mass is 488 g/mol. The third-order valence-corrected chi connectivity index (χ3v) is 5.77. The summed E-state index contributed by atoms with van der Waals surface area (Å²) in [7, 11) is 1.53. The summed E-state index contributed by atoms with van der Waals surface area (Å²) in [4.78, 5) is 27.6. The van der Waals surface area contributed by atoms with Crippen LogP contribution in [0.4, 0.5) is 5.69 Å². The molecular weight excluding hydrogens is 472 g/mol. The maximum absolute atomic E-state index is 13.1. The van der Waals surface area contributed by atoms with Gasteiger partial charge in [-0.2, -0.15) is 5.26 Å². The van der Waals surface area contributed by atoms with E-state index in [4.69, 9.17) is 10.00 Å². The molecule has 1 amide bonds. The van der Waals surface area contributed by atoms with E-state index < -0.39 is 17.7 Å². The highest BCUT2D eigenvalue weighted by molar-refractivity contribution is 9.10. The molecule has 0 spiro atoms. The fraction of sp³-hybridized carbons (Fsp3) is 0.0800. The van der Waals surface area contributed by atoms with E-state index in [0.29, 0.717) is 28.1 Å². The van der Waals surface area contributed by atoms with Crippen molar-refractivity contribution in [1.82, 2.24) is 0 Å². The molecule has 1 unspecified atom stereocenters. The first-order valence-corrected chi connectivity index (χ1v) is 10.4. The van der Waals surface area contributed by atoms with Crippen LogP contribution in [0, 0.1) is 11.3 Å². The predicted octanol–water partition coefficient (Wildman–Crippen LogP) is 4.96. The average molecular weight is 489 g/mol. The number of ketones is 1. The Morgan fingerprint density at radius 3 is 2.38 bits per heavy atom. The minimum atomic E-state index is -0.873. The van der Waals surface area contributed by atoms with Crippen molar-refractivity contribution in [2.45, 2.75) is 6.04 Å². The van der Waals surface area contributed by atoms with Gasteiger partial charge in [0.1, 0.15) is 11.5 Å². The van der Waals surface area contributed by atoms with Crippen molar-refractivity contribution in [3.8, 4) is 11.8 Å². The molecule has 1 N–H and O–H groups in total. The quantitative estimate of drug-likeness (QED) is 0.318. The summed E-state index contributed by atoms with van der Waals surface area (Å²) in [6, 6.07) is 21.3. The summed E-state index contributed by atoms with van der Waals surface area (Å²) in [6.07, 6.45) is 0. The number of nitriles is 1. The standard InChI is InChI=1S/C25H17BrN2O4/c1-32-20-4-2-3-17(13-20)22-21(23(29)16-7-9-18(26)10-8-16)24(30)25(31)28(22)19-11-5-15(14-27)6-12-19/h2-13,22,29H,1H3/b23-21-. The van der Waals surface area contributed by atoms with Gasteiger partial charge in [0.15, 0.2) is 0 Å². The molecule has 32 heavy (non-hydrogen) atoms. The van der Waals surface area contributed by atoms with Crippen LogP contribution in [0.15, 0.2) is 82.8 Å². The Kier molecular flexibility index (Phi) is 5.80. The molecule has 7 heteroatoms. The molecule has 0 aliphatic carbocycles. The predicted molar refractivity (Wildman–Crippen MR) is 123 cm³/mol. The number of hydrogen-bond donors (Lipinski definition) is 1. The topological polar surface area (TPSA) is 90.6 Å². The largest absolute Gasteiger partial charge is 0.507 e. The summed E-state index contributed by atoms with van der Waals surface area (Å²) in [5.41, 5.74) is 1.87. The third kappa shape index (κ3) is 3.77. The molecule has 6 nitrogen and oxygen atoms in total. The van der Waals surface area contributed by atoms with E-state index in [1.807, 2.05) is 6.07 Å². The number of hydrogen-bond acceptors (Lipinski definition) is 5. The molecule has 1 aliphatic rings. The minimum absolute atomic E-state index is 0.0186. The zero-order valence-electron chi connectivity index (χ0n) is 16.9. The number of carbonyl (C=O) groups excluding carboxylic acids is 2. The number of nitrogens with zero attached hydrogens (tertiary/aromatic N) is 2. The van der Waals surface area contributed by atoms with Gasteiger partial charge in [-0.05, 0) is 54.1 Å². The molecule has 158 valence electrons. The van der Waals surface area contributed by atoms with Crippen molar-refractivity contribution in [3.05, 3.63) is 99.5 Å². The second-order valence-corrected chi connectivity index (χ2v) is 8.03. The van der Waals surface area contributed by atoms with Gasteiger partial charge in [-0.25, -0.2) is 0 Å². The Balaban J connectivity index is 1.94. The van der Waals surface area contributed by atoms with E-state index in [1.165, 1.54) is 12.0 Å². The van der Waals surface area contributed by atoms with Gasteiger partial charge in [0.2, 0.25) is 0 Å². The number of Topliss-reactive ketones (excluding diaryl/α,β-unsaturated/α-hetero) is 1. The van der Waals surface area contributed by atoms with Crippen molar-refractivity contribution >= 4 is 39.1 Å². The Bertz CT molecular complexity index is 1270. The van der Waals surface area contributed by atoms with E-state index in [9.17, 15) is 14.7 Å². The Hall–Kier alpha value is -3.89. The number of halogens is 1. The van der Waals surface area contributed by atoms with E-state index >= 15 is 0 Å². The molecule has 1 saturated heterocycles. The van der Waals surface area contributed by atoms with Crippen molar-refractivity contribution in [2.75, 3.05) is 12.0 Å². The van der Waals surface area contributed by atoms with Gasteiger partial charge in [0.25, 0.3) is 11.7 Å². The van der Waals surface area contributed by atoms with E-state index in [2.05, 4.69) is 15.9 Å². The molecule has 1 heterocycles. The molecule has 0 aromatic heterocycles. The maximum atomic E-state index is 13.1. The summed E-state index contributed by atoms with van der Waals surface area (Å²) < 4.78 is 6.14.